The summed E-state index contributed by atoms with van der Waals surface area (Å²) in [4.78, 5) is 13.9. The van der Waals surface area contributed by atoms with Gasteiger partial charge in [0.05, 0.1) is 0 Å². The molecule has 1 heterocycles. The number of hydrogen-bond acceptors (Lipinski definition) is 4. The molecule has 2 rings (SSSR count). The van der Waals surface area contributed by atoms with Crippen molar-refractivity contribution in [1.82, 2.24) is 15.2 Å². The molecule has 2 N–H and O–H groups in total. The number of nitrogens with one attached hydrogen (secondary N) is 2. The molecule has 0 bridgehead atoms. The van der Waals surface area contributed by atoms with Crippen LogP contribution in [0.5, 0.6) is 0 Å². The van der Waals surface area contributed by atoms with Gasteiger partial charge in [-0.1, -0.05) is 0 Å². The quantitative estimate of drug-likeness (QED) is 0.825. The second-order valence-electron chi connectivity index (χ2n) is 3.22. The molecule has 0 saturated heterocycles. The van der Waals surface area contributed by atoms with E-state index in [9.17, 15) is 4.79 Å². The van der Waals surface area contributed by atoms with Gasteiger partial charge in [0, 0.05) is 9.26 Å². The van der Waals surface area contributed by atoms with E-state index in [4.69, 9.17) is 0 Å². The molecule has 82 valence electrons. The summed E-state index contributed by atoms with van der Waals surface area (Å²) in [5, 5.41) is 10.5. The summed E-state index contributed by atoms with van der Waals surface area (Å²) in [6.07, 6.45) is 0. The first-order valence-electron chi connectivity index (χ1n) is 4.61. The van der Waals surface area contributed by atoms with Crippen molar-refractivity contribution < 1.29 is 0 Å². The average Bonchev–Trinajstić information content (AvgIpc) is 2.27. The van der Waals surface area contributed by atoms with Crippen molar-refractivity contribution in [3.05, 3.63) is 43.9 Å². The van der Waals surface area contributed by atoms with Gasteiger partial charge in [0.1, 0.15) is 5.69 Å². The number of benzene rings is 1. The van der Waals surface area contributed by atoms with Crippen molar-refractivity contribution in [1.29, 1.82) is 0 Å². The first-order valence-corrected chi connectivity index (χ1v) is 5.69. The van der Waals surface area contributed by atoms with Gasteiger partial charge in [0.25, 0.3) is 5.56 Å². The fraction of sp³-hybridized carbons (Fsp3) is 0.100. The molecule has 0 fully saturated rings. The number of aromatic amines is 1. The van der Waals surface area contributed by atoms with Gasteiger partial charge in [0.2, 0.25) is 5.95 Å². The lowest BCUT2D eigenvalue weighted by Gasteiger charge is -2.04. The van der Waals surface area contributed by atoms with Crippen LogP contribution in [0.3, 0.4) is 0 Å². The van der Waals surface area contributed by atoms with Crippen LogP contribution in [0.2, 0.25) is 0 Å². The van der Waals surface area contributed by atoms with E-state index in [1.807, 2.05) is 24.3 Å². The van der Waals surface area contributed by atoms with Crippen molar-refractivity contribution in [2.75, 3.05) is 5.32 Å². The molecule has 0 saturated carbocycles. The van der Waals surface area contributed by atoms with Crippen LogP contribution in [-0.4, -0.2) is 15.2 Å². The number of aryl methyl sites for hydroxylation is 1. The van der Waals surface area contributed by atoms with Gasteiger partial charge in [-0.2, -0.15) is 0 Å². The zero-order valence-corrected chi connectivity index (χ0v) is 10.6. The Morgan fingerprint density at radius 1 is 1.25 bits per heavy atom. The van der Waals surface area contributed by atoms with Gasteiger partial charge < -0.3 is 5.32 Å². The highest BCUT2D eigenvalue weighted by Crippen LogP contribution is 2.13. The Balaban J connectivity index is 2.24. The molecule has 1 aromatic heterocycles. The third kappa shape index (κ3) is 2.57. The third-order valence-electron chi connectivity index (χ3n) is 1.97. The summed E-state index contributed by atoms with van der Waals surface area (Å²) in [5.41, 5.74) is 0.977. The number of anilines is 2. The van der Waals surface area contributed by atoms with Crippen LogP contribution >= 0.6 is 22.6 Å². The van der Waals surface area contributed by atoms with Crippen molar-refractivity contribution in [3.8, 4) is 0 Å². The van der Waals surface area contributed by atoms with Gasteiger partial charge in [-0.3, -0.25) is 9.78 Å². The molecule has 0 aliphatic carbocycles. The monoisotopic (exact) mass is 328 g/mol. The molecule has 0 aliphatic rings. The Morgan fingerprint density at radius 2 is 1.94 bits per heavy atom. The van der Waals surface area contributed by atoms with Gasteiger partial charge in [0.15, 0.2) is 0 Å². The van der Waals surface area contributed by atoms with Crippen LogP contribution in [0, 0.1) is 10.5 Å². The van der Waals surface area contributed by atoms with E-state index in [1.165, 1.54) is 0 Å². The summed E-state index contributed by atoms with van der Waals surface area (Å²) in [7, 11) is 0. The summed E-state index contributed by atoms with van der Waals surface area (Å²) >= 11 is 2.22. The largest absolute Gasteiger partial charge is 0.324 e. The van der Waals surface area contributed by atoms with E-state index in [1.54, 1.807) is 6.92 Å². The Bertz CT molecular complexity index is 549. The molecule has 0 amide bonds. The lowest BCUT2D eigenvalue weighted by atomic mass is 10.3. The molecular formula is C10H9IN4O. The Hall–Kier alpha value is -1.44. The van der Waals surface area contributed by atoms with E-state index in [2.05, 4.69) is 43.1 Å². The Labute approximate surface area is 105 Å². The molecule has 0 atom stereocenters. The molecule has 0 spiro atoms. The molecule has 1 aromatic carbocycles. The van der Waals surface area contributed by atoms with E-state index >= 15 is 0 Å². The third-order valence-corrected chi connectivity index (χ3v) is 2.69. The Morgan fingerprint density at radius 3 is 2.56 bits per heavy atom. The topological polar surface area (TPSA) is 70.7 Å². The maximum Gasteiger partial charge on any atom is 0.273 e. The molecule has 0 aliphatic heterocycles. The maximum absolute atomic E-state index is 11.3. The highest BCUT2D eigenvalue weighted by atomic mass is 127. The van der Waals surface area contributed by atoms with Crippen LogP contribution in [-0.2, 0) is 0 Å². The lowest BCUT2D eigenvalue weighted by molar-refractivity contribution is 0.908. The predicted molar refractivity (Wildman–Crippen MR) is 69.8 cm³/mol. The molecule has 16 heavy (non-hydrogen) atoms. The zero-order chi connectivity index (χ0) is 11.5. The molecule has 5 nitrogen and oxygen atoms in total. The van der Waals surface area contributed by atoms with Crippen molar-refractivity contribution in [2.45, 2.75) is 6.92 Å². The maximum atomic E-state index is 11.3. The van der Waals surface area contributed by atoms with Crippen LogP contribution in [0.4, 0.5) is 11.6 Å². The zero-order valence-electron chi connectivity index (χ0n) is 8.49. The molecule has 2 aromatic rings. The summed E-state index contributed by atoms with van der Waals surface area (Å²) in [5.74, 6) is 0.344. The standard InChI is InChI=1S/C10H9IN4O/c1-6-9(16)13-10(15-14-6)12-8-4-2-7(11)3-5-8/h2-5H,1H3,(H2,12,13,15,16). The fourth-order valence-electron chi connectivity index (χ4n) is 1.12. The average molecular weight is 328 g/mol. The summed E-state index contributed by atoms with van der Waals surface area (Å²) in [6.45, 7) is 1.61. The molecule has 0 radical (unpaired) electrons. The minimum Gasteiger partial charge on any atom is -0.324 e. The number of rotatable bonds is 2. The number of hydrogen-bond donors (Lipinski definition) is 2. The van der Waals surface area contributed by atoms with Crippen molar-refractivity contribution in [3.63, 3.8) is 0 Å². The minimum absolute atomic E-state index is 0.233. The highest BCUT2D eigenvalue weighted by Gasteiger charge is 2.00. The summed E-state index contributed by atoms with van der Waals surface area (Å²) in [6, 6.07) is 7.73. The van der Waals surface area contributed by atoms with E-state index in [-0.39, 0.29) is 5.56 Å². The van der Waals surface area contributed by atoms with Crippen LogP contribution in [0.25, 0.3) is 0 Å². The van der Waals surface area contributed by atoms with Gasteiger partial charge >= 0.3 is 0 Å². The lowest BCUT2D eigenvalue weighted by Crippen LogP contribution is -2.15. The second-order valence-corrected chi connectivity index (χ2v) is 4.47. The molecule has 6 heteroatoms. The fourth-order valence-corrected chi connectivity index (χ4v) is 1.48. The highest BCUT2D eigenvalue weighted by molar-refractivity contribution is 14.1. The van der Waals surface area contributed by atoms with Crippen molar-refractivity contribution in [2.24, 2.45) is 0 Å². The van der Waals surface area contributed by atoms with Crippen molar-refractivity contribution >= 4 is 34.2 Å². The van der Waals surface area contributed by atoms with Crippen LogP contribution in [0.15, 0.2) is 29.1 Å². The first kappa shape index (κ1) is 11.1. The molecular weight excluding hydrogens is 319 g/mol. The van der Waals surface area contributed by atoms with Gasteiger partial charge in [-0.25, -0.2) is 0 Å². The van der Waals surface area contributed by atoms with E-state index in [0.29, 0.717) is 11.6 Å². The van der Waals surface area contributed by atoms with Gasteiger partial charge in [-0.15, -0.1) is 10.2 Å². The van der Waals surface area contributed by atoms with Crippen LogP contribution < -0.4 is 10.9 Å². The predicted octanol–water partition coefficient (Wildman–Crippen LogP) is 1.82. The SMILES string of the molecule is Cc1nnc(Nc2ccc(I)cc2)[nH]c1=O. The number of H-pyrrole nitrogens is 1. The number of aromatic nitrogens is 3. The Kier molecular flexibility index (Phi) is 3.18. The van der Waals surface area contributed by atoms with E-state index < -0.39 is 0 Å². The second kappa shape index (κ2) is 4.60. The van der Waals surface area contributed by atoms with Crippen LogP contribution in [0.1, 0.15) is 5.69 Å². The number of nitrogens with zero attached hydrogens (tertiary/aromatic N) is 2. The molecule has 0 unspecified atom stereocenters. The number of halogens is 1. The first-order chi connectivity index (χ1) is 7.65. The normalized spacial score (nSPS) is 10.1. The smallest absolute Gasteiger partial charge is 0.273 e. The summed E-state index contributed by atoms with van der Waals surface area (Å²) < 4.78 is 1.15. The van der Waals surface area contributed by atoms with Gasteiger partial charge in [-0.05, 0) is 53.8 Å². The minimum atomic E-state index is -0.233. The van der Waals surface area contributed by atoms with E-state index in [0.717, 1.165) is 9.26 Å².